The van der Waals surface area contributed by atoms with Gasteiger partial charge in [0.05, 0.1) is 11.6 Å². The maximum atomic E-state index is 5.28. The van der Waals surface area contributed by atoms with Gasteiger partial charge in [-0.2, -0.15) is 0 Å². The molecule has 0 radical (unpaired) electrons. The molecule has 3 aromatic heterocycles. The molecule has 0 N–H and O–H groups in total. The number of hydrogen-bond acceptors (Lipinski definition) is 4. The van der Waals surface area contributed by atoms with Crippen LogP contribution in [0.2, 0.25) is 0 Å². The Kier molecular flexibility index (Phi) is 8.06. The van der Waals surface area contributed by atoms with Gasteiger partial charge in [-0.05, 0) is 54.2 Å². The van der Waals surface area contributed by atoms with Crippen molar-refractivity contribution < 1.29 is 0 Å². The minimum Gasteiger partial charge on any atom is -0.333 e. The van der Waals surface area contributed by atoms with E-state index < -0.39 is 0 Å². The second-order valence-electron chi connectivity index (χ2n) is 14.9. The summed E-state index contributed by atoms with van der Waals surface area (Å²) in [6.45, 7) is 0. The summed E-state index contributed by atoms with van der Waals surface area (Å²) in [6, 6.07) is 41.6. The SMILES string of the molecule is C1=CCC(c2ccc(C3CC=Cc4c3sc3ccc5c6ccccc6n(C6C=CC=CC6)c5c43)c(-c3nc(-c4ccccc4)nc(-c4ccccc4)n3)c2)C=C1. The molecular weight excluding hydrogens is 701 g/mol. The van der Waals surface area contributed by atoms with Crippen molar-refractivity contribution in [2.45, 2.75) is 37.1 Å². The van der Waals surface area contributed by atoms with Crippen LogP contribution < -0.4 is 0 Å². The van der Waals surface area contributed by atoms with Crippen LogP contribution >= 0.6 is 11.3 Å². The minimum atomic E-state index is 0.140. The summed E-state index contributed by atoms with van der Waals surface area (Å²) in [5, 5.41) is 3.99. The van der Waals surface area contributed by atoms with Gasteiger partial charge in [-0.15, -0.1) is 11.3 Å². The molecule has 5 heteroatoms. The van der Waals surface area contributed by atoms with Crippen LogP contribution in [0.5, 0.6) is 0 Å². The third-order valence-corrected chi connectivity index (χ3v) is 12.9. The van der Waals surface area contributed by atoms with Gasteiger partial charge in [0, 0.05) is 59.8 Å². The van der Waals surface area contributed by atoms with E-state index in [-0.39, 0.29) is 12.0 Å². The number of benzene rings is 5. The van der Waals surface area contributed by atoms with E-state index in [0.717, 1.165) is 36.0 Å². The second-order valence-corrected chi connectivity index (χ2v) is 16.0. The lowest BCUT2D eigenvalue weighted by Crippen LogP contribution is -2.09. The standard InChI is InChI=1S/C51H38N4S/c1-5-16-33(17-6-1)36-28-29-38(43(32-36)51-53-49(34-18-7-2-8-19-34)52-50(54-51)35-20-9-3-10-21-35)41-25-15-26-42-46-45(56-48(41)42)31-30-40-39-24-13-14-27-44(39)55(47(40)46)37-22-11-4-12-23-37/h1-16,18-22,24,26-33,37,41H,17,23,25H2. The molecule has 3 heterocycles. The Hall–Kier alpha value is -6.43. The zero-order valence-corrected chi connectivity index (χ0v) is 31.6. The van der Waals surface area contributed by atoms with Gasteiger partial charge >= 0.3 is 0 Å². The summed E-state index contributed by atoms with van der Waals surface area (Å²) in [4.78, 5) is 17.0. The van der Waals surface area contributed by atoms with Crippen molar-refractivity contribution in [1.29, 1.82) is 0 Å². The lowest BCUT2D eigenvalue weighted by atomic mass is 9.82. The van der Waals surface area contributed by atoms with Gasteiger partial charge in [-0.1, -0.05) is 158 Å². The smallest absolute Gasteiger partial charge is 0.164 e. The predicted molar refractivity (Wildman–Crippen MR) is 234 cm³/mol. The van der Waals surface area contributed by atoms with Crippen molar-refractivity contribution >= 4 is 49.3 Å². The molecule has 0 aliphatic heterocycles. The summed E-state index contributed by atoms with van der Waals surface area (Å²) in [6.07, 6.45) is 25.5. The molecule has 11 rings (SSSR count). The molecule has 56 heavy (non-hydrogen) atoms. The number of para-hydroxylation sites is 1. The van der Waals surface area contributed by atoms with E-state index in [1.807, 2.05) is 47.7 Å². The van der Waals surface area contributed by atoms with E-state index in [4.69, 9.17) is 15.0 Å². The van der Waals surface area contributed by atoms with E-state index in [1.165, 1.54) is 53.5 Å². The summed E-state index contributed by atoms with van der Waals surface area (Å²) < 4.78 is 3.93. The van der Waals surface area contributed by atoms with Crippen molar-refractivity contribution in [1.82, 2.24) is 19.5 Å². The molecule has 0 saturated carbocycles. The number of hydrogen-bond donors (Lipinski definition) is 0. The molecule has 0 saturated heterocycles. The Morgan fingerprint density at radius 3 is 2.04 bits per heavy atom. The topological polar surface area (TPSA) is 43.6 Å². The summed E-state index contributed by atoms with van der Waals surface area (Å²) >= 11 is 1.95. The third-order valence-electron chi connectivity index (χ3n) is 11.7. The lowest BCUT2D eigenvalue weighted by Gasteiger charge is -2.24. The van der Waals surface area contributed by atoms with Crippen LogP contribution in [0.25, 0.3) is 72.1 Å². The van der Waals surface area contributed by atoms with Crippen LogP contribution in [-0.2, 0) is 0 Å². The summed E-state index contributed by atoms with van der Waals surface area (Å²) in [7, 11) is 0. The highest BCUT2D eigenvalue weighted by atomic mass is 32.1. The Balaban J connectivity index is 1.14. The molecule has 0 amide bonds. The predicted octanol–water partition coefficient (Wildman–Crippen LogP) is 13.4. The van der Waals surface area contributed by atoms with Crippen molar-refractivity contribution in [3.05, 3.63) is 192 Å². The number of fused-ring (bicyclic) bond motifs is 7. The van der Waals surface area contributed by atoms with Gasteiger partial charge in [0.15, 0.2) is 17.5 Å². The Morgan fingerprint density at radius 1 is 0.589 bits per heavy atom. The molecule has 268 valence electrons. The van der Waals surface area contributed by atoms with Gasteiger partial charge in [-0.25, -0.2) is 15.0 Å². The number of thiophene rings is 1. The quantitative estimate of drug-likeness (QED) is 0.171. The van der Waals surface area contributed by atoms with Gasteiger partial charge in [-0.3, -0.25) is 0 Å². The monoisotopic (exact) mass is 738 g/mol. The molecule has 3 atom stereocenters. The highest BCUT2D eigenvalue weighted by Crippen LogP contribution is 2.50. The molecule has 3 aliphatic rings. The van der Waals surface area contributed by atoms with E-state index in [0.29, 0.717) is 23.4 Å². The molecule has 3 aliphatic carbocycles. The van der Waals surface area contributed by atoms with Crippen molar-refractivity contribution in [2.24, 2.45) is 0 Å². The van der Waals surface area contributed by atoms with Crippen LogP contribution in [0.15, 0.2) is 170 Å². The van der Waals surface area contributed by atoms with Crippen molar-refractivity contribution in [2.75, 3.05) is 0 Å². The van der Waals surface area contributed by atoms with E-state index in [1.54, 1.807) is 0 Å². The number of rotatable bonds is 6. The highest BCUT2D eigenvalue weighted by molar-refractivity contribution is 7.19. The second kappa shape index (κ2) is 13.7. The Morgan fingerprint density at radius 2 is 1.30 bits per heavy atom. The van der Waals surface area contributed by atoms with E-state index in [9.17, 15) is 0 Å². The van der Waals surface area contributed by atoms with Crippen molar-refractivity contribution in [3.63, 3.8) is 0 Å². The molecule has 4 nitrogen and oxygen atoms in total. The van der Waals surface area contributed by atoms with E-state index >= 15 is 0 Å². The molecule has 5 aromatic carbocycles. The van der Waals surface area contributed by atoms with Crippen LogP contribution in [0.3, 0.4) is 0 Å². The molecule has 3 unspecified atom stereocenters. The van der Waals surface area contributed by atoms with Gasteiger partial charge in [0.2, 0.25) is 0 Å². The summed E-state index contributed by atoms with van der Waals surface area (Å²) in [5.74, 6) is 2.50. The highest BCUT2D eigenvalue weighted by Gasteiger charge is 2.30. The number of nitrogens with zero attached hydrogens (tertiary/aromatic N) is 4. The molecular formula is C51H38N4S. The largest absolute Gasteiger partial charge is 0.333 e. The fraction of sp³-hybridized carbons (Fsp3) is 0.118. The molecule has 8 aromatic rings. The van der Waals surface area contributed by atoms with Crippen LogP contribution in [0, 0.1) is 0 Å². The fourth-order valence-corrected chi connectivity index (χ4v) is 10.3. The maximum Gasteiger partial charge on any atom is 0.164 e. The van der Waals surface area contributed by atoms with Crippen molar-refractivity contribution in [3.8, 4) is 34.2 Å². The molecule has 0 spiro atoms. The van der Waals surface area contributed by atoms with E-state index in [2.05, 4.69) is 144 Å². The minimum absolute atomic E-state index is 0.140. The molecule has 0 bridgehead atoms. The first-order valence-corrected chi connectivity index (χ1v) is 20.4. The third kappa shape index (κ3) is 5.53. The first-order chi connectivity index (χ1) is 27.8. The zero-order chi connectivity index (χ0) is 37.0. The first-order valence-electron chi connectivity index (χ1n) is 19.6. The van der Waals surface area contributed by atoms with Crippen LogP contribution in [0.4, 0.5) is 0 Å². The normalized spacial score (nSPS) is 18.7. The first kappa shape index (κ1) is 33.0. The average molecular weight is 739 g/mol. The maximum absolute atomic E-state index is 5.28. The Labute approximate surface area is 330 Å². The van der Waals surface area contributed by atoms with Gasteiger partial charge < -0.3 is 4.57 Å². The lowest BCUT2D eigenvalue weighted by molar-refractivity contribution is 0.649. The van der Waals surface area contributed by atoms with Crippen LogP contribution in [-0.4, -0.2) is 19.5 Å². The fourth-order valence-electron chi connectivity index (χ4n) is 9.00. The number of allylic oxidation sites excluding steroid dienone is 9. The van der Waals surface area contributed by atoms with Crippen LogP contribution in [0.1, 0.15) is 58.7 Å². The van der Waals surface area contributed by atoms with Gasteiger partial charge in [0.25, 0.3) is 0 Å². The average Bonchev–Trinajstić information content (AvgIpc) is 3.83. The Bertz CT molecular complexity index is 2900. The van der Waals surface area contributed by atoms with Gasteiger partial charge in [0.1, 0.15) is 0 Å². The molecule has 0 fully saturated rings. The zero-order valence-electron chi connectivity index (χ0n) is 30.8. The number of aromatic nitrogens is 4. The summed E-state index contributed by atoms with van der Waals surface area (Å²) in [5.41, 5.74) is 9.51.